The van der Waals surface area contributed by atoms with Crippen LogP contribution in [0.25, 0.3) is 0 Å². The molecule has 0 aromatic carbocycles. The number of pyridine rings is 1. The van der Waals surface area contributed by atoms with Crippen LogP contribution in [0.2, 0.25) is 0 Å². The van der Waals surface area contributed by atoms with E-state index >= 15 is 0 Å². The van der Waals surface area contributed by atoms with E-state index in [9.17, 15) is 0 Å². The van der Waals surface area contributed by atoms with Crippen molar-refractivity contribution in [3.8, 4) is 0 Å². The molecule has 0 atom stereocenters. The predicted octanol–water partition coefficient (Wildman–Crippen LogP) is 3.69. The zero-order valence-corrected chi connectivity index (χ0v) is 16.6. The minimum absolute atomic E-state index is 0.0967. The summed E-state index contributed by atoms with van der Waals surface area (Å²) in [6.07, 6.45) is 12.0. The fraction of sp³-hybridized carbons (Fsp3) is 0.682. The zero-order valence-electron chi connectivity index (χ0n) is 16.6. The third kappa shape index (κ3) is 3.98. The van der Waals surface area contributed by atoms with Gasteiger partial charge in [-0.25, -0.2) is 0 Å². The highest BCUT2D eigenvalue weighted by Crippen LogP contribution is 2.47. The van der Waals surface area contributed by atoms with Crippen LogP contribution in [0.15, 0.2) is 29.0 Å². The van der Waals surface area contributed by atoms with Crippen LogP contribution < -0.4 is 0 Å². The van der Waals surface area contributed by atoms with E-state index in [0.717, 1.165) is 76.2 Å². The minimum atomic E-state index is 0.0967. The van der Waals surface area contributed by atoms with Gasteiger partial charge in [-0.1, -0.05) is 24.1 Å². The summed E-state index contributed by atoms with van der Waals surface area (Å²) in [5, 5.41) is 4.52. The van der Waals surface area contributed by atoms with Gasteiger partial charge in [0.15, 0.2) is 5.82 Å². The third-order valence-electron chi connectivity index (χ3n) is 6.81. The smallest absolute Gasteiger partial charge is 0.229 e. The van der Waals surface area contributed by atoms with Gasteiger partial charge in [0.2, 0.25) is 5.89 Å². The molecule has 0 unspecified atom stereocenters. The minimum Gasteiger partial charge on any atom is -0.381 e. The highest BCUT2D eigenvalue weighted by atomic mass is 16.5. The Morgan fingerprint density at radius 3 is 2.64 bits per heavy atom. The molecule has 6 heteroatoms. The Hall–Kier alpha value is -1.79. The standard InChI is InChI=1S/C22H30N4O2/c1-2-18(15-23-9-1)16-26-10-7-22(8-11-26,14-17-3-4-17)21-24-20(28-25-21)19-5-12-27-13-6-19/h1-2,9,15,17,19H,3-8,10-14,16H2. The van der Waals surface area contributed by atoms with Gasteiger partial charge in [-0.05, 0) is 62.7 Å². The first kappa shape index (κ1) is 18.3. The van der Waals surface area contributed by atoms with Crippen molar-refractivity contribution in [2.24, 2.45) is 5.92 Å². The van der Waals surface area contributed by atoms with Crippen LogP contribution in [0.5, 0.6) is 0 Å². The second-order valence-electron chi connectivity index (χ2n) is 8.91. The van der Waals surface area contributed by atoms with Crippen molar-refractivity contribution >= 4 is 0 Å². The van der Waals surface area contributed by atoms with Crippen molar-refractivity contribution < 1.29 is 9.26 Å². The van der Waals surface area contributed by atoms with Crippen LogP contribution in [0.4, 0.5) is 0 Å². The molecule has 4 heterocycles. The normalized spacial score (nSPS) is 23.7. The van der Waals surface area contributed by atoms with E-state index in [1.165, 1.54) is 24.8 Å². The molecular formula is C22H30N4O2. The summed E-state index contributed by atoms with van der Waals surface area (Å²) >= 11 is 0. The highest BCUT2D eigenvalue weighted by Gasteiger charge is 2.44. The second kappa shape index (κ2) is 7.91. The van der Waals surface area contributed by atoms with Gasteiger partial charge in [-0.2, -0.15) is 4.98 Å². The molecular weight excluding hydrogens is 352 g/mol. The topological polar surface area (TPSA) is 64.3 Å². The number of nitrogens with zero attached hydrogens (tertiary/aromatic N) is 4. The lowest BCUT2D eigenvalue weighted by atomic mass is 9.73. The first-order chi connectivity index (χ1) is 13.8. The van der Waals surface area contributed by atoms with E-state index in [4.69, 9.17) is 14.2 Å². The van der Waals surface area contributed by atoms with Crippen LogP contribution in [-0.4, -0.2) is 46.3 Å². The lowest BCUT2D eigenvalue weighted by molar-refractivity contribution is 0.0778. The number of ether oxygens (including phenoxy) is 1. The Morgan fingerprint density at radius 1 is 1.11 bits per heavy atom. The van der Waals surface area contributed by atoms with Gasteiger partial charge in [-0.3, -0.25) is 9.88 Å². The van der Waals surface area contributed by atoms with Gasteiger partial charge >= 0.3 is 0 Å². The Kier molecular flexibility index (Phi) is 5.16. The summed E-state index contributed by atoms with van der Waals surface area (Å²) in [7, 11) is 0. The number of hydrogen-bond donors (Lipinski definition) is 0. The van der Waals surface area contributed by atoms with Crippen molar-refractivity contribution in [1.29, 1.82) is 0 Å². The first-order valence-electron chi connectivity index (χ1n) is 10.8. The molecule has 0 spiro atoms. The van der Waals surface area contributed by atoms with Gasteiger partial charge in [0.05, 0.1) is 0 Å². The molecule has 2 saturated heterocycles. The van der Waals surface area contributed by atoms with Crippen molar-refractivity contribution in [2.75, 3.05) is 26.3 Å². The van der Waals surface area contributed by atoms with E-state index in [-0.39, 0.29) is 5.41 Å². The van der Waals surface area contributed by atoms with Crippen molar-refractivity contribution in [3.63, 3.8) is 0 Å². The summed E-state index contributed by atoms with van der Waals surface area (Å²) in [6, 6.07) is 4.19. The average molecular weight is 383 g/mol. The molecule has 0 amide bonds. The summed E-state index contributed by atoms with van der Waals surface area (Å²) in [6.45, 7) is 4.76. The van der Waals surface area contributed by atoms with E-state index in [2.05, 4.69) is 21.1 Å². The lowest BCUT2D eigenvalue weighted by Crippen LogP contribution is -2.43. The fourth-order valence-electron chi connectivity index (χ4n) is 4.84. The molecule has 6 nitrogen and oxygen atoms in total. The molecule has 0 bridgehead atoms. The van der Waals surface area contributed by atoms with Gasteiger partial charge in [0.25, 0.3) is 0 Å². The molecule has 0 radical (unpaired) electrons. The zero-order chi connectivity index (χ0) is 18.8. The Bertz CT molecular complexity index is 760. The number of hydrogen-bond acceptors (Lipinski definition) is 6. The average Bonchev–Trinajstić information content (AvgIpc) is 3.41. The number of piperidine rings is 1. The molecule has 1 saturated carbocycles. The van der Waals surface area contributed by atoms with E-state index in [0.29, 0.717) is 5.92 Å². The van der Waals surface area contributed by atoms with Gasteiger partial charge in [0.1, 0.15) is 0 Å². The van der Waals surface area contributed by atoms with Gasteiger partial charge in [-0.15, -0.1) is 0 Å². The second-order valence-corrected chi connectivity index (χ2v) is 8.91. The highest BCUT2D eigenvalue weighted by molar-refractivity contribution is 5.14. The van der Waals surface area contributed by atoms with Gasteiger partial charge < -0.3 is 9.26 Å². The maximum Gasteiger partial charge on any atom is 0.229 e. The summed E-state index contributed by atoms with van der Waals surface area (Å²) in [5.41, 5.74) is 1.39. The molecule has 3 aliphatic rings. The third-order valence-corrected chi connectivity index (χ3v) is 6.81. The maximum absolute atomic E-state index is 5.77. The number of rotatable bonds is 6. The maximum atomic E-state index is 5.77. The van der Waals surface area contributed by atoms with E-state index < -0.39 is 0 Å². The van der Waals surface area contributed by atoms with Crippen LogP contribution in [0.1, 0.15) is 68.1 Å². The molecule has 1 aliphatic carbocycles. The molecule has 3 fully saturated rings. The van der Waals surface area contributed by atoms with Crippen molar-refractivity contribution in [2.45, 2.75) is 62.8 Å². The van der Waals surface area contributed by atoms with Gasteiger partial charge in [0, 0.05) is 43.5 Å². The SMILES string of the molecule is c1cncc(CN2CCC(CC3CC3)(c3noc(C4CCOCC4)n3)CC2)c1. The summed E-state index contributed by atoms with van der Waals surface area (Å²) in [4.78, 5) is 11.8. The van der Waals surface area contributed by atoms with Crippen LogP contribution in [0.3, 0.4) is 0 Å². The Labute approximate surface area is 166 Å². The predicted molar refractivity (Wildman–Crippen MR) is 105 cm³/mol. The molecule has 28 heavy (non-hydrogen) atoms. The summed E-state index contributed by atoms with van der Waals surface area (Å²) in [5.74, 6) is 3.04. The number of likely N-dealkylation sites (tertiary alicyclic amines) is 1. The molecule has 150 valence electrons. The molecule has 2 aromatic rings. The van der Waals surface area contributed by atoms with E-state index in [1.54, 1.807) is 0 Å². The summed E-state index contributed by atoms with van der Waals surface area (Å²) < 4.78 is 11.3. The van der Waals surface area contributed by atoms with Crippen LogP contribution in [-0.2, 0) is 16.7 Å². The first-order valence-corrected chi connectivity index (χ1v) is 10.8. The van der Waals surface area contributed by atoms with Crippen LogP contribution in [0, 0.1) is 5.92 Å². The Balaban J connectivity index is 1.29. The Morgan fingerprint density at radius 2 is 1.93 bits per heavy atom. The molecule has 2 aliphatic heterocycles. The van der Waals surface area contributed by atoms with Crippen LogP contribution >= 0.6 is 0 Å². The quantitative estimate of drug-likeness (QED) is 0.759. The monoisotopic (exact) mass is 382 g/mol. The van der Waals surface area contributed by atoms with Crippen molar-refractivity contribution in [1.82, 2.24) is 20.0 Å². The largest absolute Gasteiger partial charge is 0.381 e. The lowest BCUT2D eigenvalue weighted by Gasteiger charge is -2.40. The molecule has 2 aromatic heterocycles. The van der Waals surface area contributed by atoms with Crippen molar-refractivity contribution in [3.05, 3.63) is 41.8 Å². The number of aromatic nitrogens is 3. The van der Waals surface area contributed by atoms with E-state index in [1.807, 2.05) is 18.5 Å². The molecule has 0 N–H and O–H groups in total. The fourth-order valence-corrected chi connectivity index (χ4v) is 4.84. The molecule has 5 rings (SSSR count).